The molecule has 0 saturated carbocycles. The summed E-state index contributed by atoms with van der Waals surface area (Å²) < 4.78 is 12.0. The molecule has 4 aromatic rings. The minimum atomic E-state index is -1.69. The van der Waals surface area contributed by atoms with E-state index in [9.17, 15) is 4.21 Å². The Kier molecular flexibility index (Phi) is 3.71. The summed E-state index contributed by atoms with van der Waals surface area (Å²) in [7, 11) is -1.69. The molecule has 0 bridgehead atoms. The second-order valence-corrected chi connectivity index (χ2v) is 6.42. The molecule has 9 heteroatoms. The molecule has 0 aliphatic rings. The molecule has 0 radical (unpaired) electrons. The van der Waals surface area contributed by atoms with Crippen molar-refractivity contribution in [1.29, 1.82) is 0 Å². The summed E-state index contributed by atoms with van der Waals surface area (Å²) in [5, 5.41) is 20.6. The third-order valence-electron chi connectivity index (χ3n) is 3.83. The van der Waals surface area contributed by atoms with Gasteiger partial charge in [-0.15, -0.1) is 10.2 Å². The summed E-state index contributed by atoms with van der Waals surface area (Å²) in [6, 6.07) is 13.0. The van der Waals surface area contributed by atoms with Crippen molar-refractivity contribution in [2.45, 2.75) is 4.90 Å². The molecule has 2 aromatic heterocycles. The molecule has 8 nitrogen and oxygen atoms in total. The third kappa shape index (κ3) is 2.75. The van der Waals surface area contributed by atoms with E-state index in [-0.39, 0.29) is 0 Å². The average molecular weight is 351 g/mol. The molecule has 1 atom stereocenters. The van der Waals surface area contributed by atoms with Crippen molar-refractivity contribution in [2.75, 3.05) is 5.73 Å². The number of hydrogen-bond acceptors (Lipinski definition) is 6. The van der Waals surface area contributed by atoms with Crippen molar-refractivity contribution < 1.29 is 4.21 Å². The summed E-state index contributed by atoms with van der Waals surface area (Å²) in [6.45, 7) is 0. The molecule has 0 aliphatic carbocycles. The van der Waals surface area contributed by atoms with Gasteiger partial charge in [-0.1, -0.05) is 24.3 Å². The molecule has 0 amide bonds. The van der Waals surface area contributed by atoms with Crippen LogP contribution in [0.25, 0.3) is 33.4 Å². The van der Waals surface area contributed by atoms with Crippen molar-refractivity contribution in [1.82, 2.24) is 25.6 Å². The van der Waals surface area contributed by atoms with Crippen LogP contribution >= 0.6 is 0 Å². The Morgan fingerprint density at radius 1 is 1.12 bits per heavy atom. The van der Waals surface area contributed by atoms with Crippen molar-refractivity contribution in [2.24, 2.45) is 5.14 Å². The molecule has 124 valence electrons. The molecular formula is C16H13N7OS. The summed E-state index contributed by atoms with van der Waals surface area (Å²) in [4.78, 5) is 4.79. The third-order valence-corrected chi connectivity index (χ3v) is 4.60. The van der Waals surface area contributed by atoms with Crippen LogP contribution in [0.5, 0.6) is 0 Å². The van der Waals surface area contributed by atoms with Crippen LogP contribution in [0.2, 0.25) is 0 Å². The van der Waals surface area contributed by atoms with E-state index in [1.54, 1.807) is 18.3 Å². The SMILES string of the molecule is Nc1cnc2cc(-c3cccc(S(N)=O)c3-c3nn[nH]n3)ccc2c1. The van der Waals surface area contributed by atoms with Crippen LogP contribution in [0.15, 0.2) is 53.6 Å². The smallest absolute Gasteiger partial charge is 0.206 e. The number of nitrogen functional groups attached to an aromatic ring is 1. The predicted octanol–water partition coefficient (Wildman–Crippen LogP) is 1.65. The van der Waals surface area contributed by atoms with Crippen molar-refractivity contribution in [3.05, 3.63) is 48.7 Å². The normalized spacial score (nSPS) is 12.4. The summed E-state index contributed by atoms with van der Waals surface area (Å²) in [6.07, 6.45) is 1.61. The van der Waals surface area contributed by atoms with Gasteiger partial charge in [-0.25, -0.2) is 9.35 Å². The Labute approximate surface area is 144 Å². The summed E-state index contributed by atoms with van der Waals surface area (Å²) in [5.74, 6) is 0.328. The molecule has 0 aliphatic heterocycles. The highest BCUT2D eigenvalue weighted by molar-refractivity contribution is 7.82. The standard InChI is InChI=1S/C16H13N7OS/c17-11-6-10-5-4-9(7-13(10)19-8-11)12-2-1-3-14(25(18)24)15(12)16-20-22-23-21-16/h1-8H,17-18H2,(H,20,21,22,23). The van der Waals surface area contributed by atoms with Crippen LogP contribution in [0.3, 0.4) is 0 Å². The van der Waals surface area contributed by atoms with Crippen LogP contribution in [-0.2, 0) is 11.0 Å². The number of aromatic nitrogens is 5. The topological polar surface area (TPSA) is 136 Å². The first-order chi connectivity index (χ1) is 12.1. The van der Waals surface area contributed by atoms with Crippen molar-refractivity contribution >= 4 is 27.6 Å². The van der Waals surface area contributed by atoms with E-state index in [1.165, 1.54) is 0 Å². The molecule has 5 N–H and O–H groups in total. The number of tetrazole rings is 1. The number of fused-ring (bicyclic) bond motifs is 1. The second kappa shape index (κ2) is 6.04. The first kappa shape index (κ1) is 15.4. The van der Waals surface area contributed by atoms with E-state index in [2.05, 4.69) is 25.6 Å². The number of anilines is 1. The zero-order chi connectivity index (χ0) is 17.4. The Balaban J connectivity index is 1.98. The van der Waals surface area contributed by atoms with E-state index in [1.807, 2.05) is 30.3 Å². The first-order valence-electron chi connectivity index (χ1n) is 7.32. The lowest BCUT2D eigenvalue weighted by Gasteiger charge is -2.11. The first-order valence-corrected chi connectivity index (χ1v) is 8.53. The molecule has 25 heavy (non-hydrogen) atoms. The Morgan fingerprint density at radius 2 is 2.00 bits per heavy atom. The lowest BCUT2D eigenvalue weighted by molar-refractivity contribution is 0.684. The molecule has 4 rings (SSSR count). The van der Waals surface area contributed by atoms with Gasteiger partial charge < -0.3 is 5.73 Å². The van der Waals surface area contributed by atoms with Crippen LogP contribution in [0, 0.1) is 0 Å². The van der Waals surface area contributed by atoms with Crippen molar-refractivity contribution in [3.63, 3.8) is 0 Å². The zero-order valence-electron chi connectivity index (χ0n) is 12.9. The number of hydrogen-bond donors (Lipinski definition) is 3. The number of nitrogens with one attached hydrogen (secondary N) is 1. The number of H-pyrrole nitrogens is 1. The molecule has 2 heterocycles. The van der Waals surface area contributed by atoms with E-state index in [0.717, 1.165) is 22.0 Å². The molecule has 0 spiro atoms. The molecule has 2 aromatic carbocycles. The van der Waals surface area contributed by atoms with Gasteiger partial charge in [0.1, 0.15) is 11.0 Å². The van der Waals surface area contributed by atoms with Gasteiger partial charge in [-0.3, -0.25) is 4.98 Å². The monoisotopic (exact) mass is 351 g/mol. The van der Waals surface area contributed by atoms with Crippen molar-refractivity contribution in [3.8, 4) is 22.5 Å². The van der Waals surface area contributed by atoms with E-state index in [0.29, 0.717) is 22.0 Å². The fourth-order valence-electron chi connectivity index (χ4n) is 2.74. The predicted molar refractivity (Wildman–Crippen MR) is 95.4 cm³/mol. The van der Waals surface area contributed by atoms with E-state index in [4.69, 9.17) is 10.9 Å². The summed E-state index contributed by atoms with van der Waals surface area (Å²) >= 11 is 0. The fourth-order valence-corrected chi connectivity index (χ4v) is 3.36. The number of nitrogens with zero attached hydrogens (tertiary/aromatic N) is 4. The molecular weight excluding hydrogens is 338 g/mol. The van der Waals surface area contributed by atoms with Crippen LogP contribution in [-0.4, -0.2) is 29.8 Å². The molecule has 1 unspecified atom stereocenters. The van der Waals surface area contributed by atoms with Gasteiger partial charge in [-0.05, 0) is 34.5 Å². The highest BCUT2D eigenvalue weighted by Crippen LogP contribution is 2.35. The maximum absolute atomic E-state index is 12.0. The van der Waals surface area contributed by atoms with Crippen LogP contribution in [0.4, 0.5) is 5.69 Å². The maximum atomic E-state index is 12.0. The van der Waals surface area contributed by atoms with Crippen LogP contribution < -0.4 is 10.9 Å². The Morgan fingerprint density at radius 3 is 2.76 bits per heavy atom. The van der Waals surface area contributed by atoms with E-state index < -0.39 is 11.0 Å². The minimum absolute atomic E-state index is 0.328. The number of rotatable bonds is 3. The highest BCUT2D eigenvalue weighted by atomic mass is 32.2. The zero-order valence-corrected chi connectivity index (χ0v) is 13.7. The van der Waals surface area contributed by atoms with E-state index >= 15 is 0 Å². The molecule has 0 saturated heterocycles. The van der Waals surface area contributed by atoms with Crippen LogP contribution in [0.1, 0.15) is 0 Å². The second-order valence-electron chi connectivity index (χ2n) is 5.39. The minimum Gasteiger partial charge on any atom is -0.397 e. The van der Waals surface area contributed by atoms with Gasteiger partial charge in [0.05, 0.1) is 22.3 Å². The Bertz CT molecular complexity index is 1100. The highest BCUT2D eigenvalue weighted by Gasteiger charge is 2.18. The van der Waals surface area contributed by atoms with Gasteiger partial charge >= 0.3 is 0 Å². The van der Waals surface area contributed by atoms with Gasteiger partial charge in [0.2, 0.25) is 5.82 Å². The number of aromatic amines is 1. The largest absolute Gasteiger partial charge is 0.397 e. The quantitative estimate of drug-likeness (QED) is 0.513. The number of pyridine rings is 1. The molecule has 0 fully saturated rings. The Hall–Kier alpha value is -3.17. The number of benzene rings is 2. The maximum Gasteiger partial charge on any atom is 0.206 e. The lowest BCUT2D eigenvalue weighted by atomic mass is 9.98. The van der Waals surface area contributed by atoms with Gasteiger partial charge in [-0.2, -0.15) is 5.21 Å². The average Bonchev–Trinajstić information content (AvgIpc) is 3.15. The van der Waals surface area contributed by atoms with Gasteiger partial charge in [0.15, 0.2) is 0 Å². The number of nitrogens with two attached hydrogens (primary N) is 2. The lowest BCUT2D eigenvalue weighted by Crippen LogP contribution is -2.06. The fraction of sp³-hybridized carbons (Fsp3) is 0. The summed E-state index contributed by atoms with van der Waals surface area (Å²) in [5.41, 5.74) is 9.42. The van der Waals surface area contributed by atoms with Gasteiger partial charge in [0, 0.05) is 10.9 Å². The van der Waals surface area contributed by atoms with Gasteiger partial charge in [0.25, 0.3) is 0 Å².